The Morgan fingerprint density at radius 1 is 0.952 bits per heavy atom. The van der Waals surface area contributed by atoms with Gasteiger partial charge >= 0.3 is 24.3 Å². The van der Waals surface area contributed by atoms with Gasteiger partial charge in [-0.1, -0.05) is 0 Å². The maximum absolute atomic E-state index is 11.6. The number of carbonyl (C=O) groups is 2. The van der Waals surface area contributed by atoms with Gasteiger partial charge < -0.3 is 19.7 Å². The topological polar surface area (TPSA) is 93.1 Å². The zero-order chi connectivity index (χ0) is 17.3. The number of hydrogen-bond donors (Lipinski definition) is 2. The lowest BCUT2D eigenvalue weighted by molar-refractivity contribution is -0.212. The molecule has 0 saturated carbocycles. The van der Waals surface area contributed by atoms with Crippen molar-refractivity contribution in [3.05, 3.63) is 0 Å². The lowest BCUT2D eigenvalue weighted by Crippen LogP contribution is -2.33. The van der Waals surface area contributed by atoms with Crippen molar-refractivity contribution in [2.45, 2.75) is 25.4 Å². The highest BCUT2D eigenvalue weighted by Gasteiger charge is 2.43. The number of aliphatic hydroxyl groups is 2. The van der Waals surface area contributed by atoms with Gasteiger partial charge in [-0.3, -0.25) is 0 Å². The van der Waals surface area contributed by atoms with Crippen molar-refractivity contribution in [1.82, 2.24) is 0 Å². The molecule has 6 nitrogen and oxygen atoms in total. The van der Waals surface area contributed by atoms with Gasteiger partial charge in [0.15, 0.2) is 0 Å². The fourth-order valence-corrected chi connectivity index (χ4v) is 0.558. The van der Waals surface area contributed by atoms with Crippen molar-refractivity contribution in [3.8, 4) is 0 Å². The maximum Gasteiger partial charge on any atom is 0.490 e. The first kappa shape index (κ1) is 21.7. The normalized spacial score (nSPS) is 12.8. The van der Waals surface area contributed by atoms with Crippen LogP contribution >= 0.6 is 0 Å². The minimum atomic E-state index is -5.26. The minimum Gasteiger partial charge on any atom is -0.455 e. The Hall–Kier alpha value is -1.56. The molecule has 0 aliphatic carbocycles. The summed E-state index contributed by atoms with van der Waals surface area (Å²) in [5.74, 6) is -5.15. The molecule has 0 aliphatic rings. The van der Waals surface area contributed by atoms with Crippen LogP contribution in [0.4, 0.5) is 26.3 Å². The van der Waals surface area contributed by atoms with Crippen molar-refractivity contribution in [1.29, 1.82) is 0 Å². The van der Waals surface area contributed by atoms with Gasteiger partial charge in [0.2, 0.25) is 0 Å². The molecule has 2 N–H and O–H groups in total. The number of halogens is 6. The fourth-order valence-electron chi connectivity index (χ4n) is 0.558. The van der Waals surface area contributed by atoms with Crippen molar-refractivity contribution >= 4 is 11.9 Å². The summed E-state index contributed by atoms with van der Waals surface area (Å²) in [7, 11) is 0. The summed E-state index contributed by atoms with van der Waals surface area (Å²) in [6.45, 7) is -0.534. The van der Waals surface area contributed by atoms with E-state index in [4.69, 9.17) is 10.2 Å². The number of carbonyl (C=O) groups excluding carboxylic acids is 2. The van der Waals surface area contributed by atoms with Crippen LogP contribution in [0.1, 0.15) is 6.92 Å². The summed E-state index contributed by atoms with van der Waals surface area (Å²) < 4.78 is 76.9. The molecule has 0 aromatic carbocycles. The van der Waals surface area contributed by atoms with Gasteiger partial charge in [0.25, 0.3) is 0 Å². The molecule has 0 rings (SSSR count). The summed E-state index contributed by atoms with van der Waals surface area (Å²) in [6.07, 6.45) is -12.2. The first-order valence-corrected chi connectivity index (χ1v) is 5.09. The van der Waals surface area contributed by atoms with Crippen molar-refractivity contribution < 1.29 is 55.6 Å². The molecule has 126 valence electrons. The first-order chi connectivity index (χ1) is 9.36. The minimum absolute atomic E-state index is 0.125. The van der Waals surface area contributed by atoms with Crippen LogP contribution in [0.15, 0.2) is 0 Å². The van der Waals surface area contributed by atoms with Gasteiger partial charge in [-0.2, -0.15) is 26.3 Å². The van der Waals surface area contributed by atoms with E-state index in [-0.39, 0.29) is 13.2 Å². The van der Waals surface area contributed by atoms with E-state index in [9.17, 15) is 35.9 Å². The maximum atomic E-state index is 11.6. The summed E-state index contributed by atoms with van der Waals surface area (Å²) >= 11 is 0. The average molecular weight is 330 g/mol. The Morgan fingerprint density at radius 3 is 1.62 bits per heavy atom. The number of ether oxygens (including phenoxy) is 2. The number of esters is 2. The Labute approximate surface area is 114 Å². The highest BCUT2D eigenvalue weighted by molar-refractivity contribution is 5.76. The van der Waals surface area contributed by atoms with Crippen LogP contribution in [0, 0.1) is 0 Å². The Balaban J connectivity index is 0. The first-order valence-electron chi connectivity index (χ1n) is 5.09. The third-order valence-corrected chi connectivity index (χ3v) is 1.32. The van der Waals surface area contributed by atoms with E-state index >= 15 is 0 Å². The monoisotopic (exact) mass is 330 g/mol. The molecule has 0 spiro atoms. The average Bonchev–Trinajstić information content (AvgIpc) is 2.33. The molecule has 12 heteroatoms. The van der Waals surface area contributed by atoms with E-state index in [2.05, 4.69) is 9.47 Å². The molecule has 0 amide bonds. The molecule has 0 heterocycles. The molecular weight excluding hydrogens is 318 g/mol. The largest absolute Gasteiger partial charge is 0.490 e. The van der Waals surface area contributed by atoms with Crippen LogP contribution in [0.2, 0.25) is 0 Å². The zero-order valence-electron chi connectivity index (χ0n) is 10.5. The highest BCUT2D eigenvalue weighted by atomic mass is 19.4. The predicted octanol–water partition coefficient (Wildman–Crippen LogP) is 0.557. The van der Waals surface area contributed by atoms with E-state index < -0.39 is 37.0 Å². The molecule has 21 heavy (non-hydrogen) atoms. The predicted molar refractivity (Wildman–Crippen MR) is 52.8 cm³/mol. The van der Waals surface area contributed by atoms with Gasteiger partial charge in [0, 0.05) is 0 Å². The lowest BCUT2D eigenvalue weighted by Gasteiger charge is -2.15. The van der Waals surface area contributed by atoms with Crippen LogP contribution in [0.3, 0.4) is 0 Å². The van der Waals surface area contributed by atoms with Crippen LogP contribution in [-0.2, 0) is 19.1 Å². The van der Waals surface area contributed by atoms with E-state index in [1.54, 1.807) is 0 Å². The van der Waals surface area contributed by atoms with Crippen molar-refractivity contribution in [2.24, 2.45) is 0 Å². The van der Waals surface area contributed by atoms with Crippen LogP contribution in [0.25, 0.3) is 0 Å². The van der Waals surface area contributed by atoms with Crippen LogP contribution in [-0.4, -0.2) is 60.4 Å². The van der Waals surface area contributed by atoms with Crippen LogP contribution in [0.5, 0.6) is 0 Å². The summed E-state index contributed by atoms with van der Waals surface area (Å²) in [6, 6.07) is 0. The number of hydrogen-bond acceptors (Lipinski definition) is 6. The second kappa shape index (κ2) is 9.39. The van der Waals surface area contributed by atoms with Gasteiger partial charge in [-0.15, -0.1) is 0 Å². The Kier molecular flexibility index (Phi) is 9.72. The molecule has 0 aliphatic heterocycles. The summed E-state index contributed by atoms with van der Waals surface area (Å²) in [5, 5.41) is 15.2. The molecule has 0 aromatic heterocycles. The third kappa shape index (κ3) is 11.9. The quantitative estimate of drug-likeness (QED) is 0.578. The molecule has 1 unspecified atom stereocenters. The zero-order valence-corrected chi connectivity index (χ0v) is 10.5. The number of aliphatic hydroxyl groups excluding tert-OH is 2. The second-order valence-corrected chi connectivity index (χ2v) is 3.26. The lowest BCUT2D eigenvalue weighted by atomic mass is 10.4. The number of rotatable bonds is 4. The Morgan fingerprint density at radius 2 is 1.33 bits per heavy atom. The van der Waals surface area contributed by atoms with E-state index in [1.807, 2.05) is 0 Å². The Bertz CT molecular complexity index is 324. The van der Waals surface area contributed by atoms with Gasteiger partial charge in [-0.05, 0) is 6.92 Å². The SMILES string of the molecule is CC(COC(=O)C(F)(F)F)OC(=O)C(F)(F)F.OCCO. The molecule has 1 atom stereocenters. The smallest absolute Gasteiger partial charge is 0.455 e. The summed E-state index contributed by atoms with van der Waals surface area (Å²) in [4.78, 5) is 20.3. The molecule has 0 saturated heterocycles. The standard InChI is InChI=1S/C7H6F6O4.C2H6O2/c1-3(17-5(15)7(11,12)13)2-16-4(14)6(8,9)10;3-1-2-4/h3H,2H2,1H3;3-4H,1-2H2. The van der Waals surface area contributed by atoms with E-state index in [1.165, 1.54) is 0 Å². The molecular formula is C9H12F6O6. The van der Waals surface area contributed by atoms with Gasteiger partial charge in [0.1, 0.15) is 12.7 Å². The third-order valence-electron chi connectivity index (χ3n) is 1.32. The molecule has 0 aromatic rings. The van der Waals surface area contributed by atoms with E-state index in [0.717, 1.165) is 6.92 Å². The highest BCUT2D eigenvalue weighted by Crippen LogP contribution is 2.19. The fraction of sp³-hybridized carbons (Fsp3) is 0.778. The number of alkyl halides is 6. The van der Waals surface area contributed by atoms with Crippen molar-refractivity contribution in [3.63, 3.8) is 0 Å². The van der Waals surface area contributed by atoms with E-state index in [0.29, 0.717) is 0 Å². The van der Waals surface area contributed by atoms with Crippen LogP contribution < -0.4 is 0 Å². The van der Waals surface area contributed by atoms with Gasteiger partial charge in [0.05, 0.1) is 13.2 Å². The second-order valence-electron chi connectivity index (χ2n) is 3.26. The molecule has 0 fully saturated rings. The molecule has 0 radical (unpaired) electrons. The van der Waals surface area contributed by atoms with Gasteiger partial charge in [-0.25, -0.2) is 9.59 Å². The van der Waals surface area contributed by atoms with Crippen molar-refractivity contribution in [2.75, 3.05) is 19.8 Å². The summed E-state index contributed by atoms with van der Waals surface area (Å²) in [5.41, 5.74) is 0. The molecule has 0 bridgehead atoms.